The van der Waals surface area contributed by atoms with E-state index in [0.29, 0.717) is 31.9 Å². The topological polar surface area (TPSA) is 108 Å². The molecule has 1 heterocycles. The number of aryl methyl sites for hydroxylation is 1. The zero-order valence-corrected chi connectivity index (χ0v) is 20.7. The number of hydrogen-bond acceptors (Lipinski definition) is 6. The molecule has 1 amide bonds. The second-order valence-electron chi connectivity index (χ2n) is 8.85. The van der Waals surface area contributed by atoms with Crippen LogP contribution in [0.5, 0.6) is 0 Å². The van der Waals surface area contributed by atoms with Crippen molar-refractivity contribution in [2.75, 3.05) is 19.7 Å². The third kappa shape index (κ3) is 15.2. The van der Waals surface area contributed by atoms with Crippen molar-refractivity contribution in [1.29, 1.82) is 0 Å². The molecule has 0 aliphatic rings. The monoisotopic (exact) mass is 452 g/mol. The van der Waals surface area contributed by atoms with Crippen LogP contribution < -0.4 is 11.1 Å². The summed E-state index contributed by atoms with van der Waals surface area (Å²) in [4.78, 5) is 13.4. The molecule has 0 aliphatic carbocycles. The van der Waals surface area contributed by atoms with Crippen molar-refractivity contribution in [3.8, 4) is 0 Å². The predicted octanol–water partition coefficient (Wildman–Crippen LogP) is 5.47. The first kappa shape index (κ1) is 28.3. The summed E-state index contributed by atoms with van der Waals surface area (Å²) in [5, 5.41) is 15.2. The lowest BCUT2D eigenvalue weighted by Crippen LogP contribution is -2.32. The molecule has 0 fully saturated rings. The maximum absolute atomic E-state index is 11.8. The summed E-state index contributed by atoms with van der Waals surface area (Å²) in [5.41, 5.74) is 5.42. The highest BCUT2D eigenvalue weighted by Gasteiger charge is 2.16. The summed E-state index contributed by atoms with van der Waals surface area (Å²) in [5.74, 6) is 0.640. The van der Waals surface area contributed by atoms with Gasteiger partial charge in [0, 0.05) is 6.54 Å². The van der Waals surface area contributed by atoms with Crippen molar-refractivity contribution >= 4 is 6.09 Å². The first-order valence-corrected chi connectivity index (χ1v) is 13.0. The van der Waals surface area contributed by atoms with Gasteiger partial charge in [0.15, 0.2) is 5.82 Å². The van der Waals surface area contributed by atoms with E-state index in [4.69, 9.17) is 10.5 Å². The van der Waals surface area contributed by atoms with Crippen LogP contribution in [0.3, 0.4) is 0 Å². The van der Waals surface area contributed by atoms with Crippen LogP contribution in [0.2, 0.25) is 0 Å². The van der Waals surface area contributed by atoms with E-state index in [-0.39, 0.29) is 6.04 Å². The van der Waals surface area contributed by atoms with Crippen LogP contribution in [0.4, 0.5) is 4.79 Å². The van der Waals surface area contributed by atoms with Crippen LogP contribution in [0, 0.1) is 6.92 Å². The summed E-state index contributed by atoms with van der Waals surface area (Å²) < 4.78 is 5.11. The summed E-state index contributed by atoms with van der Waals surface area (Å²) in [7, 11) is 0. The van der Waals surface area contributed by atoms with Crippen LogP contribution >= 0.6 is 0 Å². The average molecular weight is 453 g/mol. The lowest BCUT2D eigenvalue weighted by atomic mass is 10.0. The number of hydrogen-bond donors (Lipinski definition) is 2. The van der Waals surface area contributed by atoms with Crippen molar-refractivity contribution in [3.63, 3.8) is 0 Å². The Hall–Kier alpha value is -1.70. The number of rotatable bonds is 21. The van der Waals surface area contributed by atoms with Gasteiger partial charge in [-0.05, 0) is 31.5 Å². The van der Waals surface area contributed by atoms with Gasteiger partial charge in [-0.15, -0.1) is 10.2 Å². The summed E-state index contributed by atoms with van der Waals surface area (Å²) in [6, 6.07) is -0.00409. The Bertz CT molecular complexity index is 566. The molecule has 8 heteroatoms. The number of nitrogens with one attached hydrogen (secondary N) is 1. The van der Waals surface area contributed by atoms with Crippen molar-refractivity contribution in [2.45, 2.75) is 123 Å². The maximum atomic E-state index is 11.8. The van der Waals surface area contributed by atoms with Gasteiger partial charge in [0.1, 0.15) is 0 Å². The second kappa shape index (κ2) is 19.9. The van der Waals surface area contributed by atoms with Crippen molar-refractivity contribution in [2.24, 2.45) is 5.73 Å². The fourth-order valence-electron chi connectivity index (χ4n) is 3.83. The fraction of sp³-hybridized carbons (Fsp3) is 0.917. The smallest absolute Gasteiger partial charge is 0.407 e. The average Bonchev–Trinajstić information content (AvgIpc) is 3.22. The van der Waals surface area contributed by atoms with Crippen molar-refractivity contribution in [3.05, 3.63) is 5.82 Å². The van der Waals surface area contributed by atoms with Crippen LogP contribution in [0.1, 0.15) is 122 Å². The molecular weight excluding hydrogens is 404 g/mol. The predicted molar refractivity (Wildman–Crippen MR) is 130 cm³/mol. The third-order valence-corrected chi connectivity index (χ3v) is 5.81. The Morgan fingerprint density at radius 2 is 1.50 bits per heavy atom. The highest BCUT2D eigenvalue weighted by molar-refractivity contribution is 5.67. The normalized spacial score (nSPS) is 12.1. The molecule has 0 saturated carbocycles. The van der Waals surface area contributed by atoms with Gasteiger partial charge < -0.3 is 15.8 Å². The van der Waals surface area contributed by atoms with Gasteiger partial charge in [-0.3, -0.25) is 0 Å². The lowest BCUT2D eigenvalue weighted by Gasteiger charge is -2.16. The number of ether oxygens (including phenoxy) is 1. The maximum Gasteiger partial charge on any atom is 0.407 e. The molecule has 0 radical (unpaired) electrons. The number of carbonyl (C=O) groups excluding carboxylic acids is 1. The molecule has 1 atom stereocenters. The Kier molecular flexibility index (Phi) is 17.7. The zero-order chi connectivity index (χ0) is 23.3. The molecule has 0 spiro atoms. The van der Waals surface area contributed by atoms with E-state index < -0.39 is 6.09 Å². The largest absolute Gasteiger partial charge is 0.450 e. The van der Waals surface area contributed by atoms with E-state index in [1.54, 1.807) is 4.80 Å². The SMILES string of the molecule is CCCCCCCCCCCCCCCCC(CNC(=O)OCCCN)n1nnc(C)n1. The van der Waals surface area contributed by atoms with Crippen LogP contribution in [0.15, 0.2) is 0 Å². The Balaban J connectivity index is 2.10. The quantitative estimate of drug-likeness (QED) is 0.239. The molecular formula is C24H48N6O2. The zero-order valence-electron chi connectivity index (χ0n) is 20.7. The van der Waals surface area contributed by atoms with E-state index in [2.05, 4.69) is 27.7 Å². The van der Waals surface area contributed by atoms with Gasteiger partial charge in [-0.25, -0.2) is 4.79 Å². The van der Waals surface area contributed by atoms with E-state index >= 15 is 0 Å². The molecule has 8 nitrogen and oxygen atoms in total. The molecule has 186 valence electrons. The molecule has 1 rings (SSSR count). The molecule has 32 heavy (non-hydrogen) atoms. The van der Waals surface area contributed by atoms with E-state index in [1.807, 2.05) is 6.92 Å². The van der Waals surface area contributed by atoms with Gasteiger partial charge in [-0.2, -0.15) is 4.80 Å². The van der Waals surface area contributed by atoms with Crippen LogP contribution in [-0.4, -0.2) is 46.0 Å². The lowest BCUT2D eigenvalue weighted by molar-refractivity contribution is 0.143. The Labute approximate surface area is 195 Å². The number of nitrogens with zero attached hydrogens (tertiary/aromatic N) is 4. The molecule has 0 bridgehead atoms. The number of tetrazole rings is 1. The minimum Gasteiger partial charge on any atom is -0.450 e. The summed E-state index contributed by atoms with van der Waals surface area (Å²) >= 11 is 0. The van der Waals surface area contributed by atoms with E-state index in [0.717, 1.165) is 12.8 Å². The van der Waals surface area contributed by atoms with Gasteiger partial charge in [0.2, 0.25) is 0 Å². The number of unbranched alkanes of at least 4 members (excludes halogenated alkanes) is 13. The molecule has 0 saturated heterocycles. The van der Waals surface area contributed by atoms with E-state index in [9.17, 15) is 4.79 Å². The summed E-state index contributed by atoms with van der Waals surface area (Å²) in [6.07, 6.45) is 19.9. The molecule has 3 N–H and O–H groups in total. The fourth-order valence-corrected chi connectivity index (χ4v) is 3.83. The molecule has 1 unspecified atom stereocenters. The minimum absolute atomic E-state index is 0.00409. The van der Waals surface area contributed by atoms with Gasteiger partial charge in [0.05, 0.1) is 12.6 Å². The van der Waals surface area contributed by atoms with Crippen LogP contribution in [-0.2, 0) is 4.74 Å². The Morgan fingerprint density at radius 1 is 0.938 bits per heavy atom. The highest BCUT2D eigenvalue weighted by atomic mass is 16.5. The van der Waals surface area contributed by atoms with Crippen molar-refractivity contribution < 1.29 is 9.53 Å². The third-order valence-electron chi connectivity index (χ3n) is 5.81. The molecule has 1 aromatic rings. The Morgan fingerprint density at radius 3 is 2.00 bits per heavy atom. The van der Waals surface area contributed by atoms with Gasteiger partial charge in [-0.1, -0.05) is 96.8 Å². The van der Waals surface area contributed by atoms with Gasteiger partial charge >= 0.3 is 6.09 Å². The van der Waals surface area contributed by atoms with Gasteiger partial charge in [0.25, 0.3) is 0 Å². The first-order chi connectivity index (χ1) is 15.7. The number of carbonyl (C=O) groups is 1. The number of aromatic nitrogens is 4. The molecule has 0 aliphatic heterocycles. The summed E-state index contributed by atoms with van der Waals surface area (Å²) in [6.45, 7) is 5.39. The first-order valence-electron chi connectivity index (χ1n) is 13.0. The second-order valence-corrected chi connectivity index (χ2v) is 8.85. The highest BCUT2D eigenvalue weighted by Crippen LogP contribution is 2.16. The standard InChI is InChI=1S/C24H48N6O2/c1-3-4-5-6-7-8-9-10-11-12-13-14-15-16-18-23(30-28-22(2)27-29-30)21-26-24(31)32-20-17-19-25/h23H,3-21,25H2,1-2H3,(H,26,31). The number of amides is 1. The van der Waals surface area contributed by atoms with E-state index in [1.165, 1.54) is 83.5 Å². The molecule has 1 aromatic heterocycles. The van der Waals surface area contributed by atoms with Crippen LogP contribution in [0.25, 0.3) is 0 Å². The number of alkyl carbamates (subject to hydrolysis) is 1. The molecule has 0 aromatic carbocycles. The number of nitrogens with two attached hydrogens (primary N) is 1. The minimum atomic E-state index is -0.416. The van der Waals surface area contributed by atoms with Crippen molar-refractivity contribution in [1.82, 2.24) is 25.5 Å².